The molecule has 5 heterocycles. The van der Waals surface area contributed by atoms with Crippen LogP contribution in [0.5, 0.6) is 5.88 Å². The number of thiazole rings is 1. The Morgan fingerprint density at radius 3 is 2.89 bits per heavy atom. The second-order valence-electron chi connectivity index (χ2n) is 9.43. The van der Waals surface area contributed by atoms with Crippen LogP contribution in [0.1, 0.15) is 31.1 Å². The maximum Gasteiger partial charge on any atom is 0.329 e. The van der Waals surface area contributed by atoms with Crippen molar-refractivity contribution in [3.63, 3.8) is 0 Å². The molecule has 2 fully saturated rings. The lowest BCUT2D eigenvalue weighted by molar-refractivity contribution is 0.166. The largest absolute Gasteiger partial charge is 0.477 e. The second kappa shape index (κ2) is 8.79. The molecule has 0 spiro atoms. The normalized spacial score (nSPS) is 17.8. The molecule has 10 heteroatoms. The Bertz CT molecular complexity index is 1620. The molecule has 0 N–H and O–H groups in total. The number of imidazole rings is 1. The lowest BCUT2D eigenvalue weighted by Crippen LogP contribution is -2.25. The standard InChI is InChI=1S/C26H24N6O3S/c33-26-31(23-10-27-7-5-22(23)32(26)18-2-3-18)11-24-29-20-4-1-17(21-14-36-15-28-21)9-19(20)25(30-24)35-13-16-6-8-34-12-16/h1,4-5,7,9-10,14-16,18H,2-3,6,8,11-13H2. The Hall–Kier alpha value is -3.63. The third-order valence-corrected chi connectivity index (χ3v) is 7.48. The van der Waals surface area contributed by atoms with Gasteiger partial charge in [-0.05, 0) is 37.5 Å². The van der Waals surface area contributed by atoms with Crippen molar-refractivity contribution < 1.29 is 9.47 Å². The minimum Gasteiger partial charge on any atom is -0.477 e. The smallest absolute Gasteiger partial charge is 0.329 e. The maximum atomic E-state index is 13.4. The summed E-state index contributed by atoms with van der Waals surface area (Å²) in [5.74, 6) is 1.39. The van der Waals surface area contributed by atoms with Gasteiger partial charge in [-0.1, -0.05) is 6.07 Å². The predicted molar refractivity (Wildman–Crippen MR) is 136 cm³/mol. The van der Waals surface area contributed by atoms with E-state index >= 15 is 0 Å². The highest BCUT2D eigenvalue weighted by Gasteiger charge is 2.29. The van der Waals surface area contributed by atoms with Gasteiger partial charge in [-0.25, -0.2) is 14.8 Å². The fourth-order valence-corrected chi connectivity index (χ4v) is 5.42. The highest BCUT2D eigenvalue weighted by atomic mass is 32.1. The monoisotopic (exact) mass is 500 g/mol. The molecule has 36 heavy (non-hydrogen) atoms. The van der Waals surface area contributed by atoms with Crippen molar-refractivity contribution in [3.05, 3.63) is 63.9 Å². The van der Waals surface area contributed by atoms with Gasteiger partial charge in [0.25, 0.3) is 0 Å². The van der Waals surface area contributed by atoms with Gasteiger partial charge in [-0.3, -0.25) is 14.1 Å². The lowest BCUT2D eigenvalue weighted by atomic mass is 10.1. The van der Waals surface area contributed by atoms with E-state index in [0.717, 1.165) is 59.1 Å². The fourth-order valence-electron chi connectivity index (χ4n) is 4.86. The van der Waals surface area contributed by atoms with E-state index in [9.17, 15) is 4.79 Å². The molecule has 1 saturated heterocycles. The highest BCUT2D eigenvalue weighted by Crippen LogP contribution is 2.36. The molecule has 0 amide bonds. The van der Waals surface area contributed by atoms with Gasteiger partial charge >= 0.3 is 5.69 Å². The minimum atomic E-state index is -0.0475. The number of benzene rings is 1. The summed E-state index contributed by atoms with van der Waals surface area (Å²) in [5.41, 5.74) is 6.15. The van der Waals surface area contributed by atoms with Gasteiger partial charge in [0, 0.05) is 35.7 Å². The molecule has 182 valence electrons. The number of aromatic nitrogens is 6. The van der Waals surface area contributed by atoms with Crippen LogP contribution in [0.4, 0.5) is 0 Å². The molecule has 0 bridgehead atoms. The van der Waals surface area contributed by atoms with Gasteiger partial charge in [-0.15, -0.1) is 11.3 Å². The van der Waals surface area contributed by atoms with Gasteiger partial charge < -0.3 is 9.47 Å². The zero-order valence-electron chi connectivity index (χ0n) is 19.5. The third kappa shape index (κ3) is 3.86. The van der Waals surface area contributed by atoms with E-state index in [2.05, 4.69) is 9.97 Å². The summed E-state index contributed by atoms with van der Waals surface area (Å²) in [4.78, 5) is 31.7. The van der Waals surface area contributed by atoms with E-state index in [1.165, 1.54) is 0 Å². The number of rotatable bonds is 7. The first-order valence-corrected chi connectivity index (χ1v) is 13.1. The van der Waals surface area contributed by atoms with Crippen LogP contribution in [-0.4, -0.2) is 48.9 Å². The van der Waals surface area contributed by atoms with E-state index in [1.54, 1.807) is 28.3 Å². The highest BCUT2D eigenvalue weighted by molar-refractivity contribution is 7.07. The predicted octanol–water partition coefficient (Wildman–Crippen LogP) is 4.06. The Morgan fingerprint density at radius 1 is 1.14 bits per heavy atom. The first-order chi connectivity index (χ1) is 17.7. The van der Waals surface area contributed by atoms with Crippen molar-refractivity contribution in [2.45, 2.75) is 31.8 Å². The number of pyridine rings is 1. The van der Waals surface area contributed by atoms with E-state index in [4.69, 9.17) is 19.4 Å². The molecule has 0 radical (unpaired) electrons. The van der Waals surface area contributed by atoms with Gasteiger partial charge in [0.05, 0.1) is 59.1 Å². The summed E-state index contributed by atoms with van der Waals surface area (Å²) < 4.78 is 15.4. The number of ether oxygens (including phenoxy) is 2. The van der Waals surface area contributed by atoms with Crippen LogP contribution in [0.25, 0.3) is 33.2 Å². The Balaban J connectivity index is 1.31. The summed E-state index contributed by atoms with van der Waals surface area (Å²) in [6.45, 7) is 2.23. The fraction of sp³-hybridized carbons (Fsp3) is 0.346. The molecule has 1 unspecified atom stereocenters. The van der Waals surface area contributed by atoms with Crippen LogP contribution >= 0.6 is 11.3 Å². The van der Waals surface area contributed by atoms with E-state index in [1.807, 2.05) is 39.7 Å². The minimum absolute atomic E-state index is 0.0475. The van der Waals surface area contributed by atoms with Crippen LogP contribution in [0.15, 0.2) is 52.3 Å². The molecule has 1 aliphatic heterocycles. The summed E-state index contributed by atoms with van der Waals surface area (Å²) in [7, 11) is 0. The van der Waals surface area contributed by atoms with E-state index in [0.29, 0.717) is 30.8 Å². The van der Waals surface area contributed by atoms with Crippen molar-refractivity contribution in [3.8, 4) is 17.1 Å². The first-order valence-electron chi connectivity index (χ1n) is 12.2. The second-order valence-corrected chi connectivity index (χ2v) is 10.1. The van der Waals surface area contributed by atoms with E-state index < -0.39 is 0 Å². The molecular weight excluding hydrogens is 476 g/mol. The number of hydrogen-bond acceptors (Lipinski definition) is 8. The Kier molecular flexibility index (Phi) is 5.28. The average molecular weight is 501 g/mol. The molecule has 9 nitrogen and oxygen atoms in total. The maximum absolute atomic E-state index is 13.4. The van der Waals surface area contributed by atoms with Crippen molar-refractivity contribution >= 4 is 33.3 Å². The number of nitrogens with zero attached hydrogens (tertiary/aromatic N) is 6. The van der Waals surface area contributed by atoms with Crippen LogP contribution in [0.3, 0.4) is 0 Å². The van der Waals surface area contributed by atoms with Gasteiger partial charge in [0.2, 0.25) is 5.88 Å². The van der Waals surface area contributed by atoms with Gasteiger partial charge in [0.15, 0.2) is 5.82 Å². The Labute approximate surface area is 210 Å². The summed E-state index contributed by atoms with van der Waals surface area (Å²) >= 11 is 1.56. The van der Waals surface area contributed by atoms with Crippen molar-refractivity contribution in [2.24, 2.45) is 5.92 Å². The molecule has 1 aromatic carbocycles. The van der Waals surface area contributed by atoms with Crippen molar-refractivity contribution in [1.82, 2.24) is 29.1 Å². The molecule has 7 rings (SSSR count). The van der Waals surface area contributed by atoms with E-state index in [-0.39, 0.29) is 18.3 Å². The quantitative estimate of drug-likeness (QED) is 0.332. The first kappa shape index (κ1) is 21.6. The summed E-state index contributed by atoms with van der Waals surface area (Å²) in [6, 6.07) is 8.18. The van der Waals surface area contributed by atoms with Crippen molar-refractivity contribution in [1.29, 1.82) is 0 Å². The topological polar surface area (TPSA) is 97.0 Å². The third-order valence-electron chi connectivity index (χ3n) is 6.89. The van der Waals surface area contributed by atoms with Crippen LogP contribution < -0.4 is 10.4 Å². The van der Waals surface area contributed by atoms with Gasteiger partial charge in [0.1, 0.15) is 0 Å². The van der Waals surface area contributed by atoms with Gasteiger partial charge in [-0.2, -0.15) is 4.98 Å². The number of fused-ring (bicyclic) bond motifs is 2. The molecule has 5 aromatic rings. The Morgan fingerprint density at radius 2 is 2.08 bits per heavy atom. The molecule has 1 saturated carbocycles. The molecular formula is C26H24N6O3S. The summed E-state index contributed by atoms with van der Waals surface area (Å²) in [5, 5.41) is 2.85. The molecule has 1 aliphatic carbocycles. The molecule has 1 atom stereocenters. The van der Waals surface area contributed by atoms with Crippen LogP contribution in [-0.2, 0) is 11.3 Å². The van der Waals surface area contributed by atoms with Crippen LogP contribution in [0, 0.1) is 5.92 Å². The summed E-state index contributed by atoms with van der Waals surface area (Å²) in [6.07, 6.45) is 6.50. The molecule has 4 aromatic heterocycles. The average Bonchev–Trinajstić information content (AvgIpc) is 3.28. The zero-order chi connectivity index (χ0) is 24.1. The van der Waals surface area contributed by atoms with Crippen LogP contribution in [0.2, 0.25) is 0 Å². The lowest BCUT2D eigenvalue weighted by Gasteiger charge is -2.14. The molecule has 2 aliphatic rings. The zero-order valence-corrected chi connectivity index (χ0v) is 20.4. The number of hydrogen-bond donors (Lipinski definition) is 0. The van der Waals surface area contributed by atoms with Crippen molar-refractivity contribution in [2.75, 3.05) is 19.8 Å². The SMILES string of the molecule is O=c1n(Cc2nc(OCC3CCOC3)c3cc(-c4cscn4)ccc3n2)c2cnccc2n1C1CC1.